The lowest BCUT2D eigenvalue weighted by Crippen LogP contribution is -2.38. The van der Waals surface area contributed by atoms with E-state index in [1.165, 1.54) is 6.42 Å². The van der Waals surface area contributed by atoms with Crippen LogP contribution in [0, 0.1) is 35.0 Å². The summed E-state index contributed by atoms with van der Waals surface area (Å²) in [5.41, 5.74) is -0.186. The normalized spacial score (nSPS) is 36.8. The Kier molecular flexibility index (Phi) is 9.39. The average molecular weight is 582 g/mol. The minimum atomic E-state index is -0.401. The summed E-state index contributed by atoms with van der Waals surface area (Å²) in [6.07, 6.45) is 12.2. The molecular weight excluding hydrogens is 536 g/mol. The predicted octanol–water partition coefficient (Wildman–Crippen LogP) is 6.32. The number of fused-ring (bicyclic) bond motifs is 1. The van der Waals surface area contributed by atoms with Crippen molar-refractivity contribution in [1.29, 1.82) is 0 Å². The number of rotatable bonds is 8. The van der Waals surface area contributed by atoms with Crippen LogP contribution in [0.2, 0.25) is 0 Å². The minimum Gasteiger partial charge on any atom is -0.353 e. The summed E-state index contributed by atoms with van der Waals surface area (Å²) in [6, 6.07) is 0. The van der Waals surface area contributed by atoms with Gasteiger partial charge in [-0.05, 0) is 63.7 Å². The van der Waals surface area contributed by atoms with E-state index >= 15 is 0 Å². The van der Waals surface area contributed by atoms with Crippen molar-refractivity contribution in [2.24, 2.45) is 23.2 Å². The van der Waals surface area contributed by atoms with Gasteiger partial charge in [-0.25, -0.2) is 0 Å². The highest BCUT2D eigenvalue weighted by molar-refractivity contribution is 9.11. The molecule has 0 aromatic heterocycles. The molecule has 0 radical (unpaired) electrons. The number of halogens is 1. The molecule has 0 amide bonds. The zero-order valence-electron chi connectivity index (χ0n) is 22.8. The van der Waals surface area contributed by atoms with Crippen LogP contribution in [0.25, 0.3) is 0 Å². The first kappa shape index (κ1) is 28.1. The van der Waals surface area contributed by atoms with Crippen LogP contribution < -0.4 is 0 Å². The Morgan fingerprint density at radius 1 is 1.03 bits per heavy atom. The van der Waals surface area contributed by atoms with Crippen molar-refractivity contribution >= 4 is 15.9 Å². The Labute approximate surface area is 231 Å². The van der Waals surface area contributed by atoms with Crippen molar-refractivity contribution in [1.82, 2.24) is 0 Å². The van der Waals surface area contributed by atoms with Crippen LogP contribution in [-0.4, -0.2) is 57.0 Å². The summed E-state index contributed by atoms with van der Waals surface area (Å²) in [5.74, 6) is 7.17. The topological polar surface area (TPSA) is 55.4 Å². The molecule has 0 aromatic rings. The van der Waals surface area contributed by atoms with Gasteiger partial charge in [0.05, 0.1) is 25.4 Å². The highest BCUT2D eigenvalue weighted by Crippen LogP contribution is 2.56. The Morgan fingerprint density at radius 3 is 2.38 bits per heavy atom. The van der Waals surface area contributed by atoms with Crippen molar-refractivity contribution in [2.45, 2.75) is 116 Å². The zero-order chi connectivity index (χ0) is 25.9. The molecule has 6 nitrogen and oxygen atoms in total. The minimum absolute atomic E-state index is 0.0980. The van der Waals surface area contributed by atoms with E-state index in [0.717, 1.165) is 75.5 Å². The van der Waals surface area contributed by atoms with E-state index in [1.54, 1.807) is 0 Å². The molecule has 3 aliphatic heterocycles. The van der Waals surface area contributed by atoms with Crippen molar-refractivity contribution < 1.29 is 28.4 Å². The van der Waals surface area contributed by atoms with E-state index in [2.05, 4.69) is 47.7 Å². The van der Waals surface area contributed by atoms with Crippen molar-refractivity contribution in [3.63, 3.8) is 0 Å². The van der Waals surface area contributed by atoms with E-state index in [1.807, 2.05) is 6.92 Å². The fourth-order valence-corrected chi connectivity index (χ4v) is 8.03. The van der Waals surface area contributed by atoms with Gasteiger partial charge in [-0.3, -0.25) is 0 Å². The highest BCUT2D eigenvalue weighted by Gasteiger charge is 2.57. The van der Waals surface area contributed by atoms with E-state index in [0.29, 0.717) is 25.0 Å². The molecule has 7 atom stereocenters. The maximum absolute atomic E-state index is 6.70. The molecule has 5 fully saturated rings. The summed E-state index contributed by atoms with van der Waals surface area (Å²) in [6.45, 7) is 9.34. The van der Waals surface area contributed by atoms with E-state index in [4.69, 9.17) is 28.4 Å². The smallest absolute Gasteiger partial charge is 0.169 e. The molecule has 2 unspecified atom stereocenters. The van der Waals surface area contributed by atoms with Gasteiger partial charge >= 0.3 is 0 Å². The molecule has 1 spiro atoms. The fourth-order valence-electron chi connectivity index (χ4n) is 7.00. The van der Waals surface area contributed by atoms with Gasteiger partial charge in [0.2, 0.25) is 0 Å². The SMILES string of the molecule is CC#CCC(C)(C)[C@H](OC1CCCCO1)C(Br)=C[C@@H]1[C@H]2CC3(C[C@H]2C[C@H]1OC1CCCCO1)OCCO3. The fraction of sp³-hybridized carbons (Fsp3) is 0.867. The summed E-state index contributed by atoms with van der Waals surface area (Å²) in [4.78, 5) is 0. The first-order chi connectivity index (χ1) is 17.9. The second-order valence-corrected chi connectivity index (χ2v) is 13.1. The summed E-state index contributed by atoms with van der Waals surface area (Å²) >= 11 is 4.02. The van der Waals surface area contributed by atoms with Gasteiger partial charge in [0.15, 0.2) is 18.4 Å². The first-order valence-corrected chi connectivity index (χ1v) is 15.3. The Bertz CT molecular complexity index is 844. The first-order valence-electron chi connectivity index (χ1n) is 14.5. The van der Waals surface area contributed by atoms with Crippen LogP contribution in [0.5, 0.6) is 0 Å². The highest BCUT2D eigenvalue weighted by atomic mass is 79.9. The molecule has 3 saturated heterocycles. The van der Waals surface area contributed by atoms with Crippen molar-refractivity contribution in [2.75, 3.05) is 26.4 Å². The van der Waals surface area contributed by atoms with Gasteiger partial charge in [0.1, 0.15) is 0 Å². The standard InChI is InChI=1S/C30H45BrO6/c1-4-5-12-29(2,3)28(37-27-11-7-9-14-33-27)24(31)18-22-23-20-30(34-15-16-35-30)19-21(23)17-25(22)36-26-10-6-8-13-32-26/h18,21-23,25-28H,6-17,19-20H2,1-3H3/t21-,22-,23+,25-,26?,27?,28-/m1/s1. The molecule has 2 aliphatic carbocycles. The molecule has 5 rings (SSSR count). The van der Waals surface area contributed by atoms with Gasteiger partial charge in [-0.2, -0.15) is 0 Å². The van der Waals surface area contributed by atoms with Gasteiger partial charge in [0.25, 0.3) is 0 Å². The quantitative estimate of drug-likeness (QED) is 0.313. The summed E-state index contributed by atoms with van der Waals surface area (Å²) in [5, 5.41) is 0. The third-order valence-electron chi connectivity index (χ3n) is 8.92. The van der Waals surface area contributed by atoms with Gasteiger partial charge in [0, 0.05) is 48.3 Å². The van der Waals surface area contributed by atoms with E-state index in [-0.39, 0.29) is 36.1 Å². The maximum atomic E-state index is 6.70. The largest absolute Gasteiger partial charge is 0.353 e. The molecule has 3 heterocycles. The lowest BCUT2D eigenvalue weighted by Gasteiger charge is -2.37. The van der Waals surface area contributed by atoms with Crippen molar-refractivity contribution in [3.05, 3.63) is 10.6 Å². The molecule has 2 saturated carbocycles. The van der Waals surface area contributed by atoms with Crippen LogP contribution in [-0.2, 0) is 28.4 Å². The monoisotopic (exact) mass is 580 g/mol. The number of hydrogen-bond acceptors (Lipinski definition) is 6. The molecule has 7 heteroatoms. The third kappa shape index (κ3) is 6.65. The molecule has 0 N–H and O–H groups in total. The lowest BCUT2D eigenvalue weighted by molar-refractivity contribution is -0.199. The van der Waals surface area contributed by atoms with Crippen molar-refractivity contribution in [3.8, 4) is 11.8 Å². The van der Waals surface area contributed by atoms with Gasteiger partial charge in [-0.15, -0.1) is 11.8 Å². The second-order valence-electron chi connectivity index (χ2n) is 12.2. The van der Waals surface area contributed by atoms with E-state index < -0.39 is 5.79 Å². The Balaban J connectivity index is 1.39. The van der Waals surface area contributed by atoms with Gasteiger partial charge < -0.3 is 28.4 Å². The van der Waals surface area contributed by atoms with Crippen LogP contribution in [0.3, 0.4) is 0 Å². The predicted molar refractivity (Wildman–Crippen MR) is 145 cm³/mol. The summed E-state index contributed by atoms with van der Waals surface area (Å²) < 4.78 is 38.7. The maximum Gasteiger partial charge on any atom is 0.169 e. The second kappa shape index (κ2) is 12.4. The number of ether oxygens (including phenoxy) is 6. The third-order valence-corrected chi connectivity index (χ3v) is 9.60. The summed E-state index contributed by atoms with van der Waals surface area (Å²) in [7, 11) is 0. The molecule has 5 aliphatic rings. The molecule has 208 valence electrons. The lowest BCUT2D eigenvalue weighted by atomic mass is 9.81. The van der Waals surface area contributed by atoms with Crippen LogP contribution in [0.15, 0.2) is 10.6 Å². The molecular formula is C30H45BrO6. The zero-order valence-corrected chi connectivity index (χ0v) is 24.4. The molecule has 0 bridgehead atoms. The van der Waals surface area contributed by atoms with Crippen LogP contribution >= 0.6 is 15.9 Å². The molecule has 37 heavy (non-hydrogen) atoms. The van der Waals surface area contributed by atoms with Crippen LogP contribution in [0.1, 0.15) is 85.0 Å². The Hall–Kier alpha value is -0.460. The van der Waals surface area contributed by atoms with E-state index in [9.17, 15) is 0 Å². The number of hydrogen-bond donors (Lipinski definition) is 0. The van der Waals surface area contributed by atoms with Crippen LogP contribution in [0.4, 0.5) is 0 Å². The van der Waals surface area contributed by atoms with Gasteiger partial charge in [-0.1, -0.05) is 35.9 Å². The molecule has 0 aromatic carbocycles. The average Bonchev–Trinajstić information content (AvgIpc) is 3.58. The Morgan fingerprint density at radius 2 is 1.73 bits per heavy atom.